The van der Waals surface area contributed by atoms with Gasteiger partial charge in [-0.3, -0.25) is 0 Å². The van der Waals surface area contributed by atoms with Crippen LogP contribution in [0, 0.1) is 11.3 Å². The van der Waals surface area contributed by atoms with Gasteiger partial charge in [-0.15, -0.1) is 0 Å². The summed E-state index contributed by atoms with van der Waals surface area (Å²) in [5.41, 5.74) is 10.2. The summed E-state index contributed by atoms with van der Waals surface area (Å²) in [4.78, 5) is 0. The molecule has 9 heteroatoms. The third kappa shape index (κ3) is 4.65. The van der Waals surface area contributed by atoms with Crippen molar-refractivity contribution >= 4 is 6.08 Å². The third-order valence-corrected chi connectivity index (χ3v) is 6.76. The van der Waals surface area contributed by atoms with E-state index in [0.717, 1.165) is 41.5 Å². The molecule has 200 valence electrons. The summed E-state index contributed by atoms with van der Waals surface area (Å²) < 4.78 is 39.3. The lowest BCUT2D eigenvalue weighted by Crippen LogP contribution is -2.24. The minimum Gasteiger partial charge on any atom is -0.493 e. The number of ether oxygens (including phenoxy) is 7. The number of benzene rings is 2. The number of hydrogen-bond donors (Lipinski definition) is 1. The van der Waals surface area contributed by atoms with Gasteiger partial charge in [-0.25, -0.2) is 0 Å². The monoisotopic (exact) mass is 520 g/mol. The van der Waals surface area contributed by atoms with Gasteiger partial charge in [0.05, 0.1) is 42.7 Å². The molecule has 0 spiro atoms. The Balaban J connectivity index is 1.89. The first-order valence-corrected chi connectivity index (χ1v) is 12.1. The van der Waals surface area contributed by atoms with Gasteiger partial charge in [0.2, 0.25) is 17.4 Å². The highest BCUT2D eigenvalue weighted by Crippen LogP contribution is 2.50. The van der Waals surface area contributed by atoms with Gasteiger partial charge < -0.3 is 38.9 Å². The molecule has 0 saturated carbocycles. The van der Waals surface area contributed by atoms with E-state index in [1.54, 1.807) is 42.7 Å². The van der Waals surface area contributed by atoms with Crippen molar-refractivity contribution < 1.29 is 33.2 Å². The molecule has 1 aliphatic heterocycles. The molecule has 2 N–H and O–H groups in total. The van der Waals surface area contributed by atoms with Gasteiger partial charge in [0.1, 0.15) is 17.4 Å². The number of methoxy groups -OCH3 is 6. The second kappa shape index (κ2) is 11.3. The minimum atomic E-state index is -0.430. The number of allylic oxidation sites excluding steroid dienone is 3. The first-order chi connectivity index (χ1) is 18.4. The van der Waals surface area contributed by atoms with E-state index >= 15 is 0 Å². The lowest BCUT2D eigenvalue weighted by Gasteiger charge is -2.33. The van der Waals surface area contributed by atoms with Crippen LogP contribution in [0.4, 0.5) is 0 Å². The van der Waals surface area contributed by atoms with Crippen molar-refractivity contribution in [2.75, 3.05) is 42.7 Å². The zero-order valence-electron chi connectivity index (χ0n) is 22.5. The molecule has 0 amide bonds. The summed E-state index contributed by atoms with van der Waals surface area (Å²) >= 11 is 0. The molecule has 1 aliphatic carbocycles. The Hall–Kier alpha value is -4.45. The van der Waals surface area contributed by atoms with Crippen LogP contribution < -0.4 is 34.2 Å². The maximum Gasteiger partial charge on any atom is 0.205 e. The highest BCUT2D eigenvalue weighted by atomic mass is 16.5. The first-order valence-electron chi connectivity index (χ1n) is 12.1. The van der Waals surface area contributed by atoms with E-state index in [1.807, 2.05) is 30.3 Å². The van der Waals surface area contributed by atoms with Crippen LogP contribution in [0.5, 0.6) is 34.5 Å². The van der Waals surface area contributed by atoms with Crippen molar-refractivity contribution in [2.45, 2.75) is 25.2 Å². The van der Waals surface area contributed by atoms with Crippen molar-refractivity contribution in [1.29, 1.82) is 5.26 Å². The number of nitrogens with two attached hydrogens (primary N) is 1. The fourth-order valence-electron chi connectivity index (χ4n) is 5.07. The normalized spacial score (nSPS) is 17.8. The van der Waals surface area contributed by atoms with Gasteiger partial charge in [0, 0.05) is 5.92 Å². The Bertz CT molecular complexity index is 1320. The molecule has 38 heavy (non-hydrogen) atoms. The number of nitriles is 1. The van der Waals surface area contributed by atoms with Crippen molar-refractivity contribution in [3.05, 3.63) is 63.8 Å². The molecular formula is C29H32N2O7. The van der Waals surface area contributed by atoms with Crippen LogP contribution in [0.1, 0.15) is 36.3 Å². The molecule has 0 bridgehead atoms. The largest absolute Gasteiger partial charge is 0.493 e. The summed E-state index contributed by atoms with van der Waals surface area (Å²) in [5.74, 6) is 3.39. The molecular weight excluding hydrogens is 488 g/mol. The summed E-state index contributed by atoms with van der Waals surface area (Å²) in [6.07, 6.45) is 4.40. The minimum absolute atomic E-state index is 0.0719. The molecule has 2 aromatic rings. The molecule has 0 fully saturated rings. The molecule has 0 unspecified atom stereocenters. The maximum absolute atomic E-state index is 10.1. The van der Waals surface area contributed by atoms with Gasteiger partial charge in [-0.2, -0.15) is 5.26 Å². The molecule has 1 atom stereocenters. The third-order valence-electron chi connectivity index (χ3n) is 6.76. The Morgan fingerprint density at radius 3 is 1.82 bits per heavy atom. The second-order valence-electron chi connectivity index (χ2n) is 8.72. The zero-order valence-corrected chi connectivity index (χ0v) is 22.5. The smallest absolute Gasteiger partial charge is 0.205 e. The van der Waals surface area contributed by atoms with Gasteiger partial charge in [-0.1, -0.05) is 0 Å². The van der Waals surface area contributed by atoms with Crippen LogP contribution in [0.2, 0.25) is 0 Å². The molecule has 9 nitrogen and oxygen atoms in total. The Labute approximate surface area is 222 Å². The lowest BCUT2D eigenvalue weighted by molar-refractivity contribution is 0.276. The standard InChI is InChI=1S/C29H32N2O7/c1-32-21-11-16(12-22(33-2)27(21)36-5)10-17-8-7-9-19-25(20(15-30)29(31)38-26(17)19)18-13-23(34-3)28(37-6)24(14-18)35-4/h10-14,25H,7-9,31H2,1-6H3/b17-10+/t25-/m0/s1. The van der Waals surface area contributed by atoms with E-state index < -0.39 is 5.92 Å². The average molecular weight is 521 g/mol. The van der Waals surface area contributed by atoms with Gasteiger partial charge in [0.15, 0.2) is 23.0 Å². The van der Waals surface area contributed by atoms with Crippen LogP contribution in [0.3, 0.4) is 0 Å². The van der Waals surface area contributed by atoms with E-state index in [0.29, 0.717) is 45.8 Å². The molecule has 1 heterocycles. The van der Waals surface area contributed by atoms with Crippen molar-refractivity contribution in [2.24, 2.45) is 5.73 Å². The molecule has 0 saturated heterocycles. The lowest BCUT2D eigenvalue weighted by atomic mass is 9.76. The predicted octanol–water partition coefficient (Wildman–Crippen LogP) is 5.07. The van der Waals surface area contributed by atoms with E-state index in [1.165, 1.54) is 0 Å². The molecule has 4 rings (SSSR count). The van der Waals surface area contributed by atoms with Crippen LogP contribution in [-0.4, -0.2) is 42.7 Å². The number of rotatable bonds is 8. The molecule has 0 radical (unpaired) electrons. The van der Waals surface area contributed by atoms with E-state index in [9.17, 15) is 5.26 Å². The van der Waals surface area contributed by atoms with Gasteiger partial charge >= 0.3 is 0 Å². The first kappa shape index (κ1) is 26.6. The number of nitrogens with zero attached hydrogens (tertiary/aromatic N) is 1. The molecule has 2 aromatic carbocycles. The van der Waals surface area contributed by atoms with Crippen molar-refractivity contribution in [3.8, 4) is 40.6 Å². The van der Waals surface area contributed by atoms with E-state index in [2.05, 4.69) is 6.07 Å². The van der Waals surface area contributed by atoms with Crippen molar-refractivity contribution in [3.63, 3.8) is 0 Å². The van der Waals surface area contributed by atoms with Crippen LogP contribution in [0.15, 0.2) is 52.6 Å². The van der Waals surface area contributed by atoms with E-state index in [-0.39, 0.29) is 5.88 Å². The number of hydrogen-bond acceptors (Lipinski definition) is 9. The Morgan fingerprint density at radius 1 is 0.816 bits per heavy atom. The SMILES string of the molecule is COc1cc(/C=C2\CCCC3=C2OC(N)=C(C#N)[C@H]3c2cc(OC)c(OC)c(OC)c2)cc(OC)c1OC. The summed E-state index contributed by atoms with van der Waals surface area (Å²) in [7, 11) is 9.40. The van der Waals surface area contributed by atoms with Crippen LogP contribution >= 0.6 is 0 Å². The summed E-state index contributed by atoms with van der Waals surface area (Å²) in [5, 5.41) is 10.1. The van der Waals surface area contributed by atoms with Gasteiger partial charge in [-0.05, 0) is 71.9 Å². The van der Waals surface area contributed by atoms with Crippen LogP contribution in [0.25, 0.3) is 6.08 Å². The van der Waals surface area contributed by atoms with Crippen LogP contribution in [-0.2, 0) is 4.74 Å². The second-order valence-corrected chi connectivity index (χ2v) is 8.72. The quantitative estimate of drug-likeness (QED) is 0.510. The topological polar surface area (TPSA) is 114 Å². The predicted molar refractivity (Wildman–Crippen MR) is 142 cm³/mol. The molecule has 0 aromatic heterocycles. The maximum atomic E-state index is 10.1. The highest BCUT2D eigenvalue weighted by Gasteiger charge is 2.36. The molecule has 2 aliphatic rings. The fourth-order valence-corrected chi connectivity index (χ4v) is 5.07. The zero-order chi connectivity index (χ0) is 27.4. The van der Waals surface area contributed by atoms with E-state index in [4.69, 9.17) is 38.9 Å². The highest BCUT2D eigenvalue weighted by molar-refractivity contribution is 5.68. The summed E-state index contributed by atoms with van der Waals surface area (Å²) in [6.45, 7) is 0. The Morgan fingerprint density at radius 2 is 1.34 bits per heavy atom. The average Bonchev–Trinajstić information content (AvgIpc) is 2.95. The Kier molecular flexibility index (Phi) is 7.91. The van der Waals surface area contributed by atoms with Gasteiger partial charge in [0.25, 0.3) is 0 Å². The summed E-state index contributed by atoms with van der Waals surface area (Å²) in [6, 6.07) is 9.72. The van der Waals surface area contributed by atoms with Crippen molar-refractivity contribution in [1.82, 2.24) is 0 Å². The fraction of sp³-hybridized carbons (Fsp3) is 0.345.